The number of urea groups is 1. The molecule has 6 heteroatoms. The Balaban J connectivity index is 1.35. The minimum atomic E-state index is -0.110. The number of H-pyrrole nitrogens is 1. The van der Waals surface area contributed by atoms with Crippen molar-refractivity contribution < 1.29 is 9.59 Å². The van der Waals surface area contributed by atoms with Gasteiger partial charge in [-0.3, -0.25) is 0 Å². The summed E-state index contributed by atoms with van der Waals surface area (Å²) < 4.78 is 0. The van der Waals surface area contributed by atoms with Crippen LogP contribution in [0.15, 0.2) is 35.5 Å². The van der Waals surface area contributed by atoms with E-state index in [1.807, 2.05) is 6.20 Å². The van der Waals surface area contributed by atoms with Crippen LogP contribution in [0, 0.1) is 11.8 Å². The lowest BCUT2D eigenvalue weighted by atomic mass is 9.81. The Bertz CT molecular complexity index is 779. The smallest absolute Gasteiger partial charge is 0.314 e. The number of aromatic amines is 1. The third-order valence-electron chi connectivity index (χ3n) is 5.17. The molecule has 2 amide bonds. The Kier molecular flexibility index (Phi) is 6.45. The zero-order valence-corrected chi connectivity index (χ0v) is 15.0. The van der Waals surface area contributed by atoms with Gasteiger partial charge in [0, 0.05) is 24.8 Å². The molecule has 0 bridgehead atoms. The van der Waals surface area contributed by atoms with Crippen molar-refractivity contribution in [3.63, 3.8) is 0 Å². The Morgan fingerprint density at radius 3 is 3.00 bits per heavy atom. The molecule has 3 N–H and O–H groups in total. The summed E-state index contributed by atoms with van der Waals surface area (Å²) in [7, 11) is 0. The second kappa shape index (κ2) is 9.20. The maximum Gasteiger partial charge on any atom is 0.314 e. The van der Waals surface area contributed by atoms with Gasteiger partial charge in [0.25, 0.3) is 0 Å². The van der Waals surface area contributed by atoms with Crippen LogP contribution >= 0.6 is 0 Å². The molecule has 1 heterocycles. The lowest BCUT2D eigenvalue weighted by molar-refractivity contribution is 0.230. The summed E-state index contributed by atoms with van der Waals surface area (Å²) in [6, 6.07) is 8.24. The molecule has 0 radical (unpaired) electrons. The lowest BCUT2D eigenvalue weighted by Crippen LogP contribution is -2.40. The van der Waals surface area contributed by atoms with Gasteiger partial charge < -0.3 is 15.6 Å². The van der Waals surface area contributed by atoms with E-state index in [9.17, 15) is 9.59 Å². The van der Waals surface area contributed by atoms with Crippen molar-refractivity contribution in [3.05, 3.63) is 36.0 Å². The van der Waals surface area contributed by atoms with Gasteiger partial charge in [0.05, 0.1) is 6.54 Å². The van der Waals surface area contributed by atoms with Crippen LogP contribution in [0.2, 0.25) is 0 Å². The number of carbonyl (C=O) groups excluding carboxylic acids is 2. The lowest BCUT2D eigenvalue weighted by Gasteiger charge is -2.28. The quantitative estimate of drug-likeness (QED) is 0.527. The van der Waals surface area contributed by atoms with Crippen molar-refractivity contribution in [1.82, 2.24) is 15.6 Å². The summed E-state index contributed by atoms with van der Waals surface area (Å²) in [4.78, 5) is 29.1. The van der Waals surface area contributed by atoms with E-state index in [1.165, 1.54) is 10.9 Å². The predicted octanol–water partition coefficient (Wildman–Crippen LogP) is 3.15. The minimum Gasteiger partial charge on any atom is -0.361 e. The molecule has 1 aromatic heterocycles. The fourth-order valence-electron chi connectivity index (χ4n) is 3.80. The zero-order valence-electron chi connectivity index (χ0n) is 15.0. The topological polar surface area (TPSA) is 86.3 Å². The Hall–Kier alpha value is -2.59. The maximum absolute atomic E-state index is 12.0. The first kappa shape index (κ1) is 18.2. The number of fused-ring (bicyclic) bond motifs is 1. The molecular weight excluding hydrogens is 328 g/mol. The molecule has 3 rings (SSSR count). The SMILES string of the molecule is O=C=NCC1CCCC(CNC(=O)NCCc2ccc3[nH]ccc3c2)C1. The number of benzene rings is 1. The van der Waals surface area contributed by atoms with Gasteiger partial charge in [0.1, 0.15) is 0 Å². The van der Waals surface area contributed by atoms with Crippen molar-refractivity contribution in [3.8, 4) is 0 Å². The van der Waals surface area contributed by atoms with Crippen LogP contribution in [-0.2, 0) is 11.2 Å². The normalized spacial score (nSPS) is 19.7. The largest absolute Gasteiger partial charge is 0.361 e. The van der Waals surface area contributed by atoms with Crippen LogP contribution in [0.5, 0.6) is 0 Å². The van der Waals surface area contributed by atoms with Gasteiger partial charge in [-0.15, -0.1) is 0 Å². The van der Waals surface area contributed by atoms with Crippen molar-refractivity contribution in [2.75, 3.05) is 19.6 Å². The fraction of sp³-hybridized carbons (Fsp3) is 0.500. The minimum absolute atomic E-state index is 0.110. The zero-order chi connectivity index (χ0) is 18.2. The summed E-state index contributed by atoms with van der Waals surface area (Å²) in [6.45, 7) is 1.86. The van der Waals surface area contributed by atoms with Gasteiger partial charge in [-0.2, -0.15) is 0 Å². The molecule has 2 aromatic rings. The molecule has 1 aliphatic carbocycles. The highest BCUT2D eigenvalue weighted by Gasteiger charge is 2.22. The van der Waals surface area contributed by atoms with Gasteiger partial charge in [-0.1, -0.05) is 12.5 Å². The number of rotatable bonds is 7. The number of nitrogens with zero attached hydrogens (tertiary/aromatic N) is 1. The first-order valence-electron chi connectivity index (χ1n) is 9.36. The predicted molar refractivity (Wildman–Crippen MR) is 102 cm³/mol. The number of isocyanates is 1. The van der Waals surface area contributed by atoms with Crippen LogP contribution in [0.4, 0.5) is 4.79 Å². The van der Waals surface area contributed by atoms with Crippen LogP contribution in [0.1, 0.15) is 31.2 Å². The molecule has 138 valence electrons. The molecule has 0 spiro atoms. The average molecular weight is 354 g/mol. The first-order chi connectivity index (χ1) is 12.7. The number of hydrogen-bond acceptors (Lipinski definition) is 3. The van der Waals surface area contributed by atoms with Gasteiger partial charge in [-0.05, 0) is 66.7 Å². The van der Waals surface area contributed by atoms with Crippen molar-refractivity contribution in [1.29, 1.82) is 0 Å². The van der Waals surface area contributed by atoms with Crippen molar-refractivity contribution in [2.24, 2.45) is 16.8 Å². The standard InChI is InChI=1S/C20H26N4O2/c25-14-21-12-16-2-1-3-17(10-16)13-24-20(26)23-8-6-15-4-5-19-18(11-15)7-9-22-19/h4-5,7,9,11,16-17,22H,1-3,6,8,10,12-13H2,(H2,23,24,26). The highest BCUT2D eigenvalue weighted by molar-refractivity contribution is 5.80. The second-order valence-electron chi connectivity index (χ2n) is 7.12. The van der Waals surface area contributed by atoms with E-state index in [4.69, 9.17) is 0 Å². The highest BCUT2D eigenvalue weighted by atomic mass is 16.2. The maximum atomic E-state index is 12.0. The van der Waals surface area contributed by atoms with E-state index in [1.54, 1.807) is 6.08 Å². The summed E-state index contributed by atoms with van der Waals surface area (Å²) in [5, 5.41) is 7.10. The fourth-order valence-corrected chi connectivity index (χ4v) is 3.80. The van der Waals surface area contributed by atoms with E-state index in [-0.39, 0.29) is 6.03 Å². The van der Waals surface area contributed by atoms with Crippen molar-refractivity contribution in [2.45, 2.75) is 32.1 Å². The molecule has 6 nitrogen and oxygen atoms in total. The highest BCUT2D eigenvalue weighted by Crippen LogP contribution is 2.28. The number of amides is 2. The second-order valence-corrected chi connectivity index (χ2v) is 7.12. The van der Waals surface area contributed by atoms with Crippen LogP contribution < -0.4 is 10.6 Å². The van der Waals surface area contributed by atoms with Crippen LogP contribution in [0.3, 0.4) is 0 Å². The average Bonchev–Trinajstić information content (AvgIpc) is 3.13. The number of carbonyl (C=O) groups is 1. The van der Waals surface area contributed by atoms with Crippen molar-refractivity contribution >= 4 is 23.0 Å². The molecule has 26 heavy (non-hydrogen) atoms. The molecule has 1 saturated carbocycles. The summed E-state index contributed by atoms with van der Waals surface area (Å²) in [5.74, 6) is 0.917. The molecule has 2 unspecified atom stereocenters. The third kappa shape index (κ3) is 5.20. The monoisotopic (exact) mass is 354 g/mol. The third-order valence-corrected chi connectivity index (χ3v) is 5.17. The van der Waals surface area contributed by atoms with E-state index < -0.39 is 0 Å². The van der Waals surface area contributed by atoms with Gasteiger partial charge in [0.15, 0.2) is 0 Å². The van der Waals surface area contributed by atoms with E-state index in [0.29, 0.717) is 31.5 Å². The molecule has 1 fully saturated rings. The van der Waals surface area contributed by atoms with Gasteiger partial charge >= 0.3 is 6.03 Å². The molecule has 1 aliphatic rings. The number of nitrogens with one attached hydrogen (secondary N) is 3. The Morgan fingerprint density at radius 1 is 1.23 bits per heavy atom. The number of hydrogen-bond donors (Lipinski definition) is 3. The Labute approximate surface area is 153 Å². The van der Waals surface area contributed by atoms with E-state index >= 15 is 0 Å². The molecule has 0 saturated heterocycles. The van der Waals surface area contributed by atoms with Crippen LogP contribution in [0.25, 0.3) is 10.9 Å². The molecule has 1 aromatic carbocycles. The molecule has 2 atom stereocenters. The summed E-state index contributed by atoms with van der Waals surface area (Å²) in [6.07, 6.45) is 8.74. The molecule has 0 aliphatic heterocycles. The van der Waals surface area contributed by atoms with E-state index in [0.717, 1.165) is 37.6 Å². The number of aliphatic imine (C=N–C) groups is 1. The van der Waals surface area contributed by atoms with Gasteiger partial charge in [-0.25, -0.2) is 14.6 Å². The van der Waals surface area contributed by atoms with Crippen LogP contribution in [-0.4, -0.2) is 36.7 Å². The Morgan fingerprint density at radius 2 is 2.12 bits per heavy atom. The number of aromatic nitrogens is 1. The molecular formula is C20H26N4O2. The summed E-state index contributed by atoms with van der Waals surface area (Å²) >= 11 is 0. The van der Waals surface area contributed by atoms with Gasteiger partial charge in [0.2, 0.25) is 6.08 Å². The first-order valence-corrected chi connectivity index (χ1v) is 9.36. The van der Waals surface area contributed by atoms with E-state index in [2.05, 4.69) is 44.9 Å². The summed E-state index contributed by atoms with van der Waals surface area (Å²) in [5.41, 5.74) is 2.34.